The molecule has 0 bridgehead atoms. The van der Waals surface area contributed by atoms with Gasteiger partial charge >= 0.3 is 0 Å². The maximum atomic E-state index is 13.3. The lowest BCUT2D eigenvalue weighted by molar-refractivity contribution is -0.359. The number of ether oxygens (including phenoxy) is 4. The van der Waals surface area contributed by atoms with E-state index in [2.05, 4.69) is 31.3 Å². The second-order valence-corrected chi connectivity index (χ2v) is 23.2. The zero-order valence-electron chi connectivity index (χ0n) is 49.7. The third kappa shape index (κ3) is 34.8. The van der Waals surface area contributed by atoms with Crippen molar-refractivity contribution in [3.8, 4) is 0 Å². The number of carbonyl (C=O) groups excluding carboxylic acids is 1. The van der Waals surface area contributed by atoms with Crippen molar-refractivity contribution in [3.63, 3.8) is 0 Å². The molecule has 9 N–H and O–H groups in total. The zero-order chi connectivity index (χ0) is 56.7. The summed E-state index contributed by atoms with van der Waals surface area (Å²) in [7, 11) is 0. The molecule has 0 radical (unpaired) electrons. The molecule has 12 unspecified atom stereocenters. The molecule has 0 aliphatic carbocycles. The van der Waals surface area contributed by atoms with E-state index in [0.29, 0.717) is 6.42 Å². The summed E-state index contributed by atoms with van der Waals surface area (Å²) in [4.78, 5) is 13.3. The highest BCUT2D eigenvalue weighted by Gasteiger charge is 2.51. The second-order valence-electron chi connectivity index (χ2n) is 23.2. The van der Waals surface area contributed by atoms with Crippen LogP contribution in [0.25, 0.3) is 0 Å². The van der Waals surface area contributed by atoms with Crippen molar-refractivity contribution in [3.05, 3.63) is 24.3 Å². The summed E-state index contributed by atoms with van der Waals surface area (Å²) in [6, 6.07) is -0.911. The topological polar surface area (TPSA) is 228 Å². The van der Waals surface area contributed by atoms with Crippen LogP contribution in [0.2, 0.25) is 0 Å². The van der Waals surface area contributed by atoms with Crippen LogP contribution in [-0.2, 0) is 23.7 Å². The maximum absolute atomic E-state index is 13.3. The molecule has 0 saturated carbocycles. The van der Waals surface area contributed by atoms with Crippen LogP contribution in [0.15, 0.2) is 24.3 Å². The molecular weight excluding hydrogens is 991 g/mol. The average molecular weight is 1110 g/mol. The van der Waals surface area contributed by atoms with Crippen molar-refractivity contribution >= 4 is 5.91 Å². The van der Waals surface area contributed by atoms with E-state index in [-0.39, 0.29) is 18.9 Å². The van der Waals surface area contributed by atoms with Gasteiger partial charge in [0.15, 0.2) is 12.6 Å². The number of allylic oxidation sites excluding steroid dienone is 3. The molecule has 460 valence electrons. The minimum absolute atomic E-state index is 0.235. The Hall–Kier alpha value is -1.53. The molecule has 2 heterocycles. The van der Waals surface area contributed by atoms with Gasteiger partial charge in [-0.3, -0.25) is 4.79 Å². The first kappa shape index (κ1) is 72.6. The molecule has 2 aliphatic rings. The Bertz CT molecular complexity index is 1400. The number of nitrogens with one attached hydrogen (secondary N) is 1. The fraction of sp³-hybridized carbons (Fsp3) is 0.922. The van der Waals surface area contributed by atoms with E-state index < -0.39 is 86.8 Å². The molecule has 0 aromatic carbocycles. The van der Waals surface area contributed by atoms with E-state index in [1.807, 2.05) is 6.08 Å². The van der Waals surface area contributed by atoms with E-state index in [0.717, 1.165) is 38.5 Å². The van der Waals surface area contributed by atoms with Crippen LogP contribution in [0.5, 0.6) is 0 Å². The molecule has 1 amide bonds. The van der Waals surface area contributed by atoms with Crippen molar-refractivity contribution in [2.24, 2.45) is 0 Å². The largest absolute Gasteiger partial charge is 0.394 e. The number of aliphatic hydroxyl groups excluding tert-OH is 8. The summed E-state index contributed by atoms with van der Waals surface area (Å²) in [6.45, 7) is 2.83. The van der Waals surface area contributed by atoms with E-state index >= 15 is 0 Å². The van der Waals surface area contributed by atoms with Crippen molar-refractivity contribution in [1.29, 1.82) is 0 Å². The summed E-state index contributed by atoms with van der Waals surface area (Å²) >= 11 is 0. The highest BCUT2D eigenvalue weighted by molar-refractivity contribution is 5.76. The Morgan fingerprint density at radius 2 is 0.808 bits per heavy atom. The van der Waals surface area contributed by atoms with Crippen LogP contribution >= 0.6 is 0 Å². The molecule has 12 atom stereocenters. The second kappa shape index (κ2) is 50.0. The van der Waals surface area contributed by atoms with Gasteiger partial charge in [0.2, 0.25) is 5.91 Å². The highest BCUT2D eigenvalue weighted by atomic mass is 16.7. The molecule has 0 spiro atoms. The van der Waals surface area contributed by atoms with E-state index in [9.17, 15) is 45.6 Å². The molecule has 2 rings (SSSR count). The predicted octanol–water partition coefficient (Wildman–Crippen LogP) is 12.0. The quantitative estimate of drug-likeness (QED) is 0.0204. The Kier molecular flexibility index (Phi) is 46.5. The van der Waals surface area contributed by atoms with Gasteiger partial charge in [0, 0.05) is 6.42 Å². The van der Waals surface area contributed by atoms with Crippen molar-refractivity contribution in [1.82, 2.24) is 5.32 Å². The van der Waals surface area contributed by atoms with Gasteiger partial charge in [-0.05, 0) is 44.9 Å². The monoisotopic (exact) mass is 1110 g/mol. The van der Waals surface area contributed by atoms with Crippen LogP contribution in [0.3, 0.4) is 0 Å². The lowest BCUT2D eigenvalue weighted by atomic mass is 9.97. The van der Waals surface area contributed by atoms with Gasteiger partial charge in [-0.2, -0.15) is 0 Å². The molecule has 14 heteroatoms. The highest BCUT2D eigenvalue weighted by Crippen LogP contribution is 2.30. The van der Waals surface area contributed by atoms with Crippen molar-refractivity contribution in [2.75, 3.05) is 19.8 Å². The van der Waals surface area contributed by atoms with Crippen LogP contribution < -0.4 is 5.32 Å². The smallest absolute Gasteiger partial charge is 0.220 e. The minimum Gasteiger partial charge on any atom is -0.394 e. The normalized spacial score (nSPS) is 24.6. The number of hydrogen-bond donors (Lipinski definition) is 9. The van der Waals surface area contributed by atoms with E-state index in [1.54, 1.807) is 6.08 Å². The van der Waals surface area contributed by atoms with Crippen LogP contribution in [0, 0.1) is 0 Å². The molecule has 0 aromatic rings. The maximum Gasteiger partial charge on any atom is 0.220 e. The average Bonchev–Trinajstić information content (AvgIpc) is 3.47. The SMILES string of the molecule is CCCCCCCCCC/C=C\CCCCCCCCCCCCCCCCCCCC(=O)NC(COC1OC(CO)C(OC2OC(CO)C(O)C(O)C2O)C(O)C1O)C(O)/C=C/CCCCCCCCCCCCCCC. The first-order valence-corrected chi connectivity index (χ1v) is 32.6. The summed E-state index contributed by atoms with van der Waals surface area (Å²) in [5.41, 5.74) is 0. The predicted molar refractivity (Wildman–Crippen MR) is 314 cm³/mol. The van der Waals surface area contributed by atoms with Crippen LogP contribution in [-0.4, -0.2) is 140 Å². The lowest BCUT2D eigenvalue weighted by Gasteiger charge is -2.46. The third-order valence-corrected chi connectivity index (χ3v) is 16.1. The standard InChI is InChI=1S/C64H121NO13/c1-3-5-7-9-11-13-15-17-19-20-21-22-23-24-25-26-27-28-29-30-31-32-34-36-38-40-42-44-46-48-56(69)65-52(53(68)47-45-43-41-39-37-35-33-18-16-14-12-10-8-6-4-2)51-75-63-61(74)59(72)62(55(50-67)77-63)78-64-60(73)58(71)57(70)54(49-66)76-64/h20-21,45,47,52-55,57-64,66-68,70-74H,3-19,22-44,46,48-51H2,1-2H3,(H,65,69)/b21-20-,47-45+. The van der Waals surface area contributed by atoms with Crippen molar-refractivity contribution < 1.29 is 64.6 Å². The summed E-state index contributed by atoms with van der Waals surface area (Å²) in [5.74, 6) is -0.235. The Labute approximate surface area is 475 Å². The Balaban J connectivity index is 1.67. The van der Waals surface area contributed by atoms with E-state index in [4.69, 9.17) is 18.9 Å². The molecule has 78 heavy (non-hydrogen) atoms. The number of carbonyl (C=O) groups is 1. The Morgan fingerprint density at radius 1 is 0.449 bits per heavy atom. The fourth-order valence-corrected chi connectivity index (χ4v) is 10.9. The van der Waals surface area contributed by atoms with Gasteiger partial charge in [0.25, 0.3) is 0 Å². The number of amides is 1. The number of aliphatic hydroxyl groups is 8. The van der Waals surface area contributed by atoms with Crippen molar-refractivity contribution in [2.45, 2.75) is 357 Å². The van der Waals surface area contributed by atoms with Gasteiger partial charge in [0.05, 0.1) is 32.0 Å². The first-order valence-electron chi connectivity index (χ1n) is 32.6. The van der Waals surface area contributed by atoms with Gasteiger partial charge in [-0.15, -0.1) is 0 Å². The zero-order valence-corrected chi connectivity index (χ0v) is 49.7. The molecule has 2 saturated heterocycles. The molecule has 2 fully saturated rings. The number of rotatable bonds is 53. The first-order chi connectivity index (χ1) is 38.1. The number of hydrogen-bond acceptors (Lipinski definition) is 13. The lowest BCUT2D eigenvalue weighted by Crippen LogP contribution is -2.65. The van der Waals surface area contributed by atoms with Crippen LogP contribution in [0.4, 0.5) is 0 Å². The van der Waals surface area contributed by atoms with Gasteiger partial charge in [-0.1, -0.05) is 256 Å². The van der Waals surface area contributed by atoms with Gasteiger partial charge < -0.3 is 65.1 Å². The third-order valence-electron chi connectivity index (χ3n) is 16.1. The van der Waals surface area contributed by atoms with Gasteiger partial charge in [-0.25, -0.2) is 0 Å². The summed E-state index contributed by atoms with van der Waals surface area (Å²) in [5, 5.41) is 87.2. The van der Waals surface area contributed by atoms with Gasteiger partial charge in [0.1, 0.15) is 48.8 Å². The number of unbranched alkanes of at least 4 members (excludes halogenated alkanes) is 38. The summed E-state index contributed by atoms with van der Waals surface area (Å²) < 4.78 is 22.8. The van der Waals surface area contributed by atoms with Crippen LogP contribution in [0.1, 0.15) is 284 Å². The summed E-state index contributed by atoms with van der Waals surface area (Å²) in [6.07, 6.45) is 43.7. The molecule has 0 aromatic heterocycles. The fourth-order valence-electron chi connectivity index (χ4n) is 10.9. The molecule has 2 aliphatic heterocycles. The molecular formula is C64H121NO13. The Morgan fingerprint density at radius 3 is 1.22 bits per heavy atom. The molecule has 14 nitrogen and oxygen atoms in total. The van der Waals surface area contributed by atoms with E-state index in [1.165, 1.54) is 218 Å². The minimum atomic E-state index is -1.79.